The fourth-order valence-electron chi connectivity index (χ4n) is 2.68. The first kappa shape index (κ1) is 13.4. The Bertz CT molecular complexity index is 644. The Morgan fingerprint density at radius 3 is 3.10 bits per heavy atom. The van der Waals surface area contributed by atoms with Crippen molar-refractivity contribution in [3.8, 4) is 0 Å². The van der Waals surface area contributed by atoms with Crippen LogP contribution in [0.5, 0.6) is 0 Å². The molecule has 0 aliphatic heterocycles. The molecule has 0 bridgehead atoms. The summed E-state index contributed by atoms with van der Waals surface area (Å²) in [7, 11) is 1.72. The molecule has 1 saturated carbocycles. The number of carboxylic acid groups (broad SMARTS) is 1. The van der Waals surface area contributed by atoms with E-state index in [0.717, 1.165) is 17.2 Å². The zero-order chi connectivity index (χ0) is 14.2. The molecule has 0 amide bonds. The number of nitrogens with one attached hydrogen (secondary N) is 1. The molecule has 1 aliphatic rings. The van der Waals surface area contributed by atoms with E-state index in [9.17, 15) is 9.90 Å². The van der Waals surface area contributed by atoms with Gasteiger partial charge < -0.3 is 10.4 Å². The van der Waals surface area contributed by atoms with Gasteiger partial charge in [0.1, 0.15) is 5.54 Å². The van der Waals surface area contributed by atoms with Crippen molar-refractivity contribution in [2.24, 2.45) is 0 Å². The second-order valence-corrected chi connectivity index (χ2v) is 6.30. The van der Waals surface area contributed by atoms with Crippen molar-refractivity contribution in [2.45, 2.75) is 35.2 Å². The molecule has 106 valence electrons. The van der Waals surface area contributed by atoms with Crippen molar-refractivity contribution in [2.75, 3.05) is 7.05 Å². The normalized spacial score (nSPS) is 26.1. The molecule has 2 aromatic rings. The smallest absolute Gasteiger partial charge is 0.323 e. The van der Waals surface area contributed by atoms with Gasteiger partial charge in [0.2, 0.25) is 0 Å². The van der Waals surface area contributed by atoms with Gasteiger partial charge in [0, 0.05) is 11.4 Å². The Labute approximate surface area is 120 Å². The van der Waals surface area contributed by atoms with Gasteiger partial charge in [-0.25, -0.2) is 0 Å². The Hall–Kier alpha value is -1.60. The molecule has 2 aromatic heterocycles. The minimum atomic E-state index is -0.793. The molecule has 2 unspecified atom stereocenters. The van der Waals surface area contributed by atoms with Crippen molar-refractivity contribution in [1.82, 2.24) is 19.9 Å². The lowest BCUT2D eigenvalue weighted by Crippen LogP contribution is -2.48. The molecule has 6 nitrogen and oxygen atoms in total. The number of hydrogen-bond donors (Lipinski definition) is 2. The summed E-state index contributed by atoms with van der Waals surface area (Å²) in [4.78, 5) is 11.4. The second kappa shape index (κ2) is 5.06. The van der Waals surface area contributed by atoms with Gasteiger partial charge in [-0.3, -0.25) is 9.20 Å². The van der Waals surface area contributed by atoms with Gasteiger partial charge in [0.15, 0.2) is 10.8 Å². The van der Waals surface area contributed by atoms with Gasteiger partial charge in [-0.1, -0.05) is 17.8 Å². The van der Waals surface area contributed by atoms with Crippen LogP contribution in [0.2, 0.25) is 0 Å². The maximum Gasteiger partial charge on any atom is 0.323 e. The van der Waals surface area contributed by atoms with Crippen molar-refractivity contribution >= 4 is 23.4 Å². The Morgan fingerprint density at radius 2 is 2.40 bits per heavy atom. The number of aromatic nitrogens is 3. The average Bonchev–Trinajstić information content (AvgIpc) is 3.05. The number of pyridine rings is 1. The predicted molar refractivity (Wildman–Crippen MR) is 75.9 cm³/mol. The fraction of sp³-hybridized carbons (Fsp3) is 0.462. The quantitative estimate of drug-likeness (QED) is 0.887. The number of carbonyl (C=O) groups is 1. The van der Waals surface area contributed by atoms with Crippen LogP contribution in [0, 0.1) is 0 Å². The predicted octanol–water partition coefficient (Wildman–Crippen LogP) is 1.42. The maximum atomic E-state index is 11.4. The average molecular weight is 292 g/mol. The molecule has 7 heteroatoms. The topological polar surface area (TPSA) is 79.5 Å². The summed E-state index contributed by atoms with van der Waals surface area (Å²) in [6, 6.07) is 5.76. The third kappa shape index (κ3) is 2.16. The van der Waals surface area contributed by atoms with Gasteiger partial charge in [0.05, 0.1) is 0 Å². The zero-order valence-corrected chi connectivity index (χ0v) is 11.9. The molecule has 2 heterocycles. The van der Waals surface area contributed by atoms with Crippen LogP contribution in [0.25, 0.3) is 5.65 Å². The van der Waals surface area contributed by atoms with Crippen LogP contribution in [0.3, 0.4) is 0 Å². The summed E-state index contributed by atoms with van der Waals surface area (Å²) >= 11 is 1.61. The molecule has 1 fully saturated rings. The summed E-state index contributed by atoms with van der Waals surface area (Å²) in [5, 5.41) is 21.7. The highest BCUT2D eigenvalue weighted by atomic mass is 32.2. The van der Waals surface area contributed by atoms with Crippen LogP contribution in [-0.4, -0.2) is 43.5 Å². The number of nitrogens with zero attached hydrogens (tertiary/aromatic N) is 3. The summed E-state index contributed by atoms with van der Waals surface area (Å²) in [6.07, 6.45) is 4.03. The number of rotatable bonds is 4. The minimum absolute atomic E-state index is 0.242. The fourth-order valence-corrected chi connectivity index (χ4v) is 3.94. The standard InChI is InChI=1S/C13H16N4O2S/c1-14-13(11(18)19)6-5-9(8-13)20-12-16-15-10-4-2-3-7-17(10)12/h2-4,7,9,14H,5-6,8H2,1H3,(H,18,19). The third-order valence-corrected chi connectivity index (χ3v) is 5.14. The summed E-state index contributed by atoms with van der Waals surface area (Å²) < 4.78 is 1.94. The molecule has 0 radical (unpaired) electrons. The Balaban J connectivity index is 1.78. The first-order valence-electron chi connectivity index (χ1n) is 6.53. The molecule has 0 aromatic carbocycles. The van der Waals surface area contributed by atoms with Gasteiger partial charge in [-0.15, -0.1) is 10.2 Å². The van der Waals surface area contributed by atoms with Crippen molar-refractivity contribution in [1.29, 1.82) is 0 Å². The molecule has 3 rings (SSSR count). The highest BCUT2D eigenvalue weighted by Crippen LogP contribution is 2.39. The van der Waals surface area contributed by atoms with Crippen molar-refractivity contribution in [3.63, 3.8) is 0 Å². The van der Waals surface area contributed by atoms with E-state index in [4.69, 9.17) is 0 Å². The van der Waals surface area contributed by atoms with Crippen LogP contribution < -0.4 is 5.32 Å². The second-order valence-electron chi connectivity index (χ2n) is 5.03. The maximum absolute atomic E-state index is 11.4. The van der Waals surface area contributed by atoms with Crippen LogP contribution in [0.1, 0.15) is 19.3 Å². The molecule has 0 saturated heterocycles. The van der Waals surface area contributed by atoms with Crippen LogP contribution in [0.15, 0.2) is 29.6 Å². The largest absolute Gasteiger partial charge is 0.480 e. The van der Waals surface area contributed by atoms with E-state index in [1.807, 2.05) is 28.8 Å². The van der Waals surface area contributed by atoms with Gasteiger partial charge >= 0.3 is 5.97 Å². The number of aliphatic carboxylic acids is 1. The van der Waals surface area contributed by atoms with E-state index in [1.54, 1.807) is 18.8 Å². The number of thioether (sulfide) groups is 1. The lowest BCUT2D eigenvalue weighted by molar-refractivity contribution is -0.144. The van der Waals surface area contributed by atoms with E-state index in [-0.39, 0.29) is 5.25 Å². The number of likely N-dealkylation sites (N-methyl/N-ethyl adjacent to an activating group) is 1. The monoisotopic (exact) mass is 292 g/mol. The Kier molecular flexibility index (Phi) is 3.39. The first-order chi connectivity index (χ1) is 9.64. The Morgan fingerprint density at radius 1 is 1.55 bits per heavy atom. The molecule has 0 spiro atoms. The lowest BCUT2D eigenvalue weighted by Gasteiger charge is -2.23. The van der Waals surface area contributed by atoms with E-state index in [2.05, 4.69) is 15.5 Å². The highest BCUT2D eigenvalue weighted by Gasteiger charge is 2.44. The van der Waals surface area contributed by atoms with Crippen LogP contribution in [-0.2, 0) is 4.79 Å². The van der Waals surface area contributed by atoms with Gasteiger partial charge in [0.25, 0.3) is 0 Å². The molecule has 1 aliphatic carbocycles. The van der Waals surface area contributed by atoms with Crippen molar-refractivity contribution in [3.05, 3.63) is 24.4 Å². The highest BCUT2D eigenvalue weighted by molar-refractivity contribution is 7.99. The number of fused-ring (bicyclic) bond motifs is 1. The summed E-state index contributed by atoms with van der Waals surface area (Å²) in [5.41, 5.74) is 0.0177. The SMILES string of the molecule is CNC1(C(=O)O)CCC(Sc2nnc3ccccn23)C1. The molecular formula is C13H16N4O2S. The van der Waals surface area contributed by atoms with Gasteiger partial charge in [-0.2, -0.15) is 0 Å². The summed E-state index contributed by atoms with van der Waals surface area (Å²) in [5.74, 6) is -0.769. The number of hydrogen-bond acceptors (Lipinski definition) is 5. The van der Waals surface area contributed by atoms with E-state index >= 15 is 0 Å². The number of carboxylic acids is 1. The third-order valence-electron chi connectivity index (χ3n) is 3.91. The minimum Gasteiger partial charge on any atom is -0.480 e. The van der Waals surface area contributed by atoms with Crippen LogP contribution >= 0.6 is 11.8 Å². The van der Waals surface area contributed by atoms with E-state index in [1.165, 1.54) is 0 Å². The molecule has 2 N–H and O–H groups in total. The van der Waals surface area contributed by atoms with E-state index in [0.29, 0.717) is 12.8 Å². The van der Waals surface area contributed by atoms with E-state index < -0.39 is 11.5 Å². The molecular weight excluding hydrogens is 276 g/mol. The van der Waals surface area contributed by atoms with Gasteiger partial charge in [-0.05, 0) is 38.4 Å². The van der Waals surface area contributed by atoms with Crippen LogP contribution in [0.4, 0.5) is 0 Å². The molecule has 20 heavy (non-hydrogen) atoms. The lowest BCUT2D eigenvalue weighted by atomic mass is 9.99. The molecule has 2 atom stereocenters. The summed E-state index contributed by atoms with van der Waals surface area (Å²) in [6.45, 7) is 0. The van der Waals surface area contributed by atoms with Crippen molar-refractivity contribution < 1.29 is 9.90 Å². The first-order valence-corrected chi connectivity index (χ1v) is 7.41. The zero-order valence-electron chi connectivity index (χ0n) is 11.1.